The van der Waals surface area contributed by atoms with Gasteiger partial charge in [0.15, 0.2) is 0 Å². The Morgan fingerprint density at radius 1 is 1.26 bits per heavy atom. The van der Waals surface area contributed by atoms with Gasteiger partial charge in [-0.25, -0.2) is 0 Å². The van der Waals surface area contributed by atoms with Crippen LogP contribution in [0.1, 0.15) is 36.8 Å². The Morgan fingerprint density at radius 2 is 1.96 bits per heavy atom. The summed E-state index contributed by atoms with van der Waals surface area (Å²) in [4.78, 5) is 14.3. The van der Waals surface area contributed by atoms with E-state index in [0.717, 1.165) is 32.1 Å². The number of rotatable bonds is 7. The zero-order valence-electron chi connectivity index (χ0n) is 14.4. The molecule has 1 fully saturated rings. The lowest BCUT2D eigenvalue weighted by Gasteiger charge is -2.33. The molecule has 0 aromatic heterocycles. The lowest BCUT2D eigenvalue weighted by molar-refractivity contribution is -0.122. The lowest BCUT2D eigenvalue weighted by Crippen LogP contribution is -2.42. The van der Waals surface area contributed by atoms with Crippen molar-refractivity contribution in [3.05, 3.63) is 35.4 Å². The van der Waals surface area contributed by atoms with Crippen molar-refractivity contribution in [3.63, 3.8) is 0 Å². The van der Waals surface area contributed by atoms with Crippen LogP contribution in [0, 0.1) is 12.8 Å². The number of amides is 1. The standard InChI is InChI=1S/C19H30N2O2/c1-15-5-3-4-6-17(15)11-12-20-19(23)13-21(2)18-9-7-16(14-22)8-10-18/h3-6,16,18,22H,7-14H2,1-2H3,(H,20,23). The average molecular weight is 318 g/mol. The molecule has 0 bridgehead atoms. The van der Waals surface area contributed by atoms with Gasteiger partial charge >= 0.3 is 0 Å². The third-order valence-corrected chi connectivity index (χ3v) is 5.07. The molecule has 4 nitrogen and oxygen atoms in total. The van der Waals surface area contributed by atoms with Crippen LogP contribution < -0.4 is 5.32 Å². The molecule has 2 rings (SSSR count). The van der Waals surface area contributed by atoms with E-state index >= 15 is 0 Å². The zero-order chi connectivity index (χ0) is 16.7. The highest BCUT2D eigenvalue weighted by molar-refractivity contribution is 5.78. The first kappa shape index (κ1) is 18.0. The van der Waals surface area contributed by atoms with Crippen molar-refractivity contribution >= 4 is 5.91 Å². The summed E-state index contributed by atoms with van der Waals surface area (Å²) in [7, 11) is 2.03. The van der Waals surface area contributed by atoms with Crippen LogP contribution >= 0.6 is 0 Å². The predicted molar refractivity (Wildman–Crippen MR) is 93.4 cm³/mol. The van der Waals surface area contributed by atoms with Gasteiger partial charge in [0.05, 0.1) is 6.54 Å². The van der Waals surface area contributed by atoms with Gasteiger partial charge in [-0.3, -0.25) is 9.69 Å². The molecule has 1 amide bonds. The first-order valence-electron chi connectivity index (χ1n) is 8.72. The van der Waals surface area contributed by atoms with Crippen molar-refractivity contribution in [2.24, 2.45) is 5.92 Å². The number of likely N-dealkylation sites (N-methyl/N-ethyl adjacent to an activating group) is 1. The molecule has 0 radical (unpaired) electrons. The van der Waals surface area contributed by atoms with Gasteiger partial charge in [0.25, 0.3) is 0 Å². The summed E-state index contributed by atoms with van der Waals surface area (Å²) in [5.41, 5.74) is 2.57. The molecular formula is C19H30N2O2. The number of aliphatic hydroxyl groups is 1. The van der Waals surface area contributed by atoms with Crippen LogP contribution in [0.4, 0.5) is 0 Å². The number of hydrogen-bond donors (Lipinski definition) is 2. The molecule has 23 heavy (non-hydrogen) atoms. The van der Waals surface area contributed by atoms with E-state index in [2.05, 4.69) is 29.3 Å². The number of hydrogen-bond acceptors (Lipinski definition) is 3. The van der Waals surface area contributed by atoms with E-state index in [9.17, 15) is 9.90 Å². The van der Waals surface area contributed by atoms with Gasteiger partial charge in [-0.05, 0) is 63.1 Å². The van der Waals surface area contributed by atoms with Gasteiger partial charge in [-0.1, -0.05) is 24.3 Å². The number of aryl methyl sites for hydroxylation is 1. The van der Waals surface area contributed by atoms with Gasteiger partial charge in [-0.15, -0.1) is 0 Å². The van der Waals surface area contributed by atoms with Gasteiger partial charge in [0.1, 0.15) is 0 Å². The van der Waals surface area contributed by atoms with E-state index in [1.54, 1.807) is 0 Å². The molecule has 1 aromatic carbocycles. The van der Waals surface area contributed by atoms with Crippen molar-refractivity contribution in [1.29, 1.82) is 0 Å². The predicted octanol–water partition coefficient (Wildman–Crippen LogP) is 2.14. The number of carbonyl (C=O) groups excluding carboxylic acids is 1. The Bertz CT molecular complexity index is 496. The molecule has 128 valence electrons. The van der Waals surface area contributed by atoms with E-state index in [0.29, 0.717) is 31.7 Å². The molecule has 2 N–H and O–H groups in total. The quantitative estimate of drug-likeness (QED) is 0.810. The summed E-state index contributed by atoms with van der Waals surface area (Å²) in [6, 6.07) is 8.78. The first-order chi connectivity index (χ1) is 11.1. The summed E-state index contributed by atoms with van der Waals surface area (Å²) in [5.74, 6) is 0.563. The van der Waals surface area contributed by atoms with E-state index < -0.39 is 0 Å². The Balaban J connectivity index is 1.67. The van der Waals surface area contributed by atoms with E-state index in [-0.39, 0.29) is 5.91 Å². The molecule has 1 saturated carbocycles. The minimum absolute atomic E-state index is 0.102. The number of nitrogens with one attached hydrogen (secondary N) is 1. The monoisotopic (exact) mass is 318 g/mol. The topological polar surface area (TPSA) is 52.6 Å². The fourth-order valence-electron chi connectivity index (χ4n) is 3.41. The van der Waals surface area contributed by atoms with Crippen LogP contribution in [0.3, 0.4) is 0 Å². The highest BCUT2D eigenvalue weighted by atomic mass is 16.3. The summed E-state index contributed by atoms with van der Waals surface area (Å²) in [6.45, 7) is 3.56. The second kappa shape index (κ2) is 9.04. The molecule has 4 heteroatoms. The smallest absolute Gasteiger partial charge is 0.234 e. The van der Waals surface area contributed by atoms with Gasteiger partial charge in [0.2, 0.25) is 5.91 Å². The minimum Gasteiger partial charge on any atom is -0.396 e. The molecular weight excluding hydrogens is 288 g/mol. The van der Waals surface area contributed by atoms with Crippen molar-refractivity contribution in [3.8, 4) is 0 Å². The van der Waals surface area contributed by atoms with Crippen LogP contribution in [-0.4, -0.2) is 48.7 Å². The number of aliphatic hydroxyl groups excluding tert-OH is 1. The summed E-state index contributed by atoms with van der Waals surface area (Å²) >= 11 is 0. The zero-order valence-corrected chi connectivity index (χ0v) is 14.4. The molecule has 0 heterocycles. The molecule has 0 saturated heterocycles. The summed E-state index contributed by atoms with van der Waals surface area (Å²) in [6.07, 6.45) is 5.18. The van der Waals surface area contributed by atoms with Gasteiger partial charge in [-0.2, -0.15) is 0 Å². The van der Waals surface area contributed by atoms with Crippen molar-refractivity contribution in [1.82, 2.24) is 10.2 Å². The highest BCUT2D eigenvalue weighted by Gasteiger charge is 2.24. The lowest BCUT2D eigenvalue weighted by atomic mass is 9.86. The third-order valence-electron chi connectivity index (χ3n) is 5.07. The van der Waals surface area contributed by atoms with Crippen LogP contribution in [-0.2, 0) is 11.2 Å². The molecule has 0 spiro atoms. The number of carbonyl (C=O) groups is 1. The molecule has 1 aliphatic rings. The minimum atomic E-state index is 0.102. The SMILES string of the molecule is Cc1ccccc1CCNC(=O)CN(C)C1CCC(CO)CC1. The van der Waals surface area contributed by atoms with Crippen LogP contribution in [0.2, 0.25) is 0 Å². The number of nitrogens with zero attached hydrogens (tertiary/aromatic N) is 1. The normalized spacial score (nSPS) is 21.4. The van der Waals surface area contributed by atoms with Gasteiger partial charge in [0, 0.05) is 19.2 Å². The largest absolute Gasteiger partial charge is 0.396 e. The molecule has 1 aromatic rings. The Kier molecular flexibility index (Phi) is 7.06. The molecule has 0 atom stereocenters. The first-order valence-corrected chi connectivity index (χ1v) is 8.72. The molecule has 0 aliphatic heterocycles. The Labute approximate surface area is 139 Å². The van der Waals surface area contributed by atoms with Crippen LogP contribution in [0.15, 0.2) is 24.3 Å². The maximum atomic E-state index is 12.1. The molecule has 0 unspecified atom stereocenters. The van der Waals surface area contributed by atoms with E-state index in [1.165, 1.54) is 11.1 Å². The van der Waals surface area contributed by atoms with Crippen molar-refractivity contribution in [2.45, 2.75) is 45.1 Å². The highest BCUT2D eigenvalue weighted by Crippen LogP contribution is 2.26. The summed E-state index contributed by atoms with van der Waals surface area (Å²) < 4.78 is 0. The number of benzene rings is 1. The van der Waals surface area contributed by atoms with Crippen LogP contribution in [0.5, 0.6) is 0 Å². The van der Waals surface area contributed by atoms with Crippen molar-refractivity contribution < 1.29 is 9.90 Å². The van der Waals surface area contributed by atoms with Crippen LogP contribution in [0.25, 0.3) is 0 Å². The fraction of sp³-hybridized carbons (Fsp3) is 0.632. The maximum Gasteiger partial charge on any atom is 0.234 e. The molecule has 1 aliphatic carbocycles. The Morgan fingerprint density at radius 3 is 2.61 bits per heavy atom. The maximum absolute atomic E-state index is 12.1. The second-order valence-electron chi connectivity index (χ2n) is 6.80. The third kappa shape index (κ3) is 5.63. The summed E-state index contributed by atoms with van der Waals surface area (Å²) in [5, 5.41) is 12.2. The fourth-order valence-corrected chi connectivity index (χ4v) is 3.41. The second-order valence-corrected chi connectivity index (χ2v) is 6.80. The van der Waals surface area contributed by atoms with Crippen molar-refractivity contribution in [2.75, 3.05) is 26.7 Å². The average Bonchev–Trinajstić information content (AvgIpc) is 2.56. The van der Waals surface area contributed by atoms with E-state index in [4.69, 9.17) is 0 Å². The Hall–Kier alpha value is -1.39. The van der Waals surface area contributed by atoms with E-state index in [1.807, 2.05) is 19.2 Å². The van der Waals surface area contributed by atoms with Gasteiger partial charge < -0.3 is 10.4 Å².